The van der Waals surface area contributed by atoms with Gasteiger partial charge in [-0.3, -0.25) is 9.69 Å². The van der Waals surface area contributed by atoms with Gasteiger partial charge in [0.1, 0.15) is 0 Å². The Balaban J connectivity index is 2.51. The molecule has 0 radical (unpaired) electrons. The van der Waals surface area contributed by atoms with Gasteiger partial charge < -0.3 is 11.5 Å². The summed E-state index contributed by atoms with van der Waals surface area (Å²) in [6.45, 7) is 2.44. The molecule has 2 atom stereocenters. The molecule has 2 unspecified atom stereocenters. The third-order valence-electron chi connectivity index (χ3n) is 2.95. The monoisotopic (exact) mass is 185 g/mol. The van der Waals surface area contributed by atoms with Gasteiger partial charge in [0.25, 0.3) is 0 Å². The predicted molar refractivity (Wildman–Crippen MR) is 52.0 cm³/mol. The van der Waals surface area contributed by atoms with Crippen molar-refractivity contribution in [3.05, 3.63) is 0 Å². The standard InChI is InChI=1S/C9H19N3O/c1-6(9(11)13)12(2)8(5-10)7-3-4-7/h6-8H,3-5,10H2,1-2H3,(H2,11,13). The predicted octanol–water partition coefficient (Wildman–Crippen LogP) is -0.471. The van der Waals surface area contributed by atoms with E-state index in [9.17, 15) is 4.79 Å². The second-order valence-electron chi connectivity index (χ2n) is 3.88. The van der Waals surface area contributed by atoms with Crippen LogP contribution in [0.1, 0.15) is 19.8 Å². The van der Waals surface area contributed by atoms with Crippen molar-refractivity contribution in [1.82, 2.24) is 4.90 Å². The summed E-state index contributed by atoms with van der Waals surface area (Å²) in [7, 11) is 1.92. The van der Waals surface area contributed by atoms with E-state index in [1.807, 2.05) is 18.9 Å². The Hall–Kier alpha value is -0.610. The average molecular weight is 185 g/mol. The summed E-state index contributed by atoms with van der Waals surface area (Å²) in [6, 6.07) is 0.108. The van der Waals surface area contributed by atoms with Crippen LogP contribution in [0, 0.1) is 5.92 Å². The maximum atomic E-state index is 10.9. The Morgan fingerprint density at radius 1 is 1.62 bits per heavy atom. The molecule has 1 aliphatic rings. The van der Waals surface area contributed by atoms with Crippen LogP contribution >= 0.6 is 0 Å². The van der Waals surface area contributed by atoms with E-state index in [0.717, 1.165) is 0 Å². The molecule has 1 fully saturated rings. The Morgan fingerprint density at radius 2 is 2.15 bits per heavy atom. The molecular formula is C9H19N3O. The van der Waals surface area contributed by atoms with Crippen molar-refractivity contribution >= 4 is 5.91 Å². The van der Waals surface area contributed by atoms with Gasteiger partial charge in [-0.05, 0) is 32.7 Å². The molecule has 4 N–H and O–H groups in total. The van der Waals surface area contributed by atoms with Crippen molar-refractivity contribution in [3.63, 3.8) is 0 Å². The number of amides is 1. The van der Waals surface area contributed by atoms with Crippen LogP contribution in [0.5, 0.6) is 0 Å². The number of carbonyl (C=O) groups excluding carboxylic acids is 1. The number of likely N-dealkylation sites (N-methyl/N-ethyl adjacent to an activating group) is 1. The summed E-state index contributed by atoms with van der Waals surface area (Å²) in [5.74, 6) is 0.401. The molecule has 1 amide bonds. The first-order valence-electron chi connectivity index (χ1n) is 4.79. The van der Waals surface area contributed by atoms with Gasteiger partial charge in [0.15, 0.2) is 0 Å². The van der Waals surface area contributed by atoms with Gasteiger partial charge in [0, 0.05) is 12.6 Å². The van der Waals surface area contributed by atoms with Crippen molar-refractivity contribution in [2.45, 2.75) is 31.8 Å². The zero-order chi connectivity index (χ0) is 10.0. The van der Waals surface area contributed by atoms with Crippen LogP contribution in [0.25, 0.3) is 0 Å². The SMILES string of the molecule is CC(C(N)=O)N(C)C(CN)C1CC1. The molecule has 0 saturated heterocycles. The first-order chi connectivity index (χ1) is 6.07. The van der Waals surface area contributed by atoms with Crippen molar-refractivity contribution < 1.29 is 4.79 Å². The maximum Gasteiger partial charge on any atom is 0.234 e. The number of nitrogens with two attached hydrogens (primary N) is 2. The normalized spacial score (nSPS) is 21.5. The van der Waals surface area contributed by atoms with Crippen molar-refractivity contribution in [2.24, 2.45) is 17.4 Å². The Labute approximate surface area is 79.3 Å². The highest BCUT2D eigenvalue weighted by molar-refractivity contribution is 5.79. The average Bonchev–Trinajstić information content (AvgIpc) is 2.88. The van der Waals surface area contributed by atoms with Gasteiger partial charge >= 0.3 is 0 Å². The van der Waals surface area contributed by atoms with E-state index in [2.05, 4.69) is 0 Å². The number of carbonyl (C=O) groups is 1. The van der Waals surface area contributed by atoms with Crippen LogP contribution in [-0.4, -0.2) is 36.5 Å². The van der Waals surface area contributed by atoms with Gasteiger partial charge in [0.05, 0.1) is 6.04 Å². The first-order valence-corrected chi connectivity index (χ1v) is 4.79. The summed E-state index contributed by atoms with van der Waals surface area (Å²) in [4.78, 5) is 12.9. The van der Waals surface area contributed by atoms with E-state index in [0.29, 0.717) is 18.5 Å². The molecule has 0 heterocycles. The van der Waals surface area contributed by atoms with E-state index in [4.69, 9.17) is 11.5 Å². The fraction of sp³-hybridized carbons (Fsp3) is 0.889. The highest BCUT2D eigenvalue weighted by atomic mass is 16.1. The van der Waals surface area contributed by atoms with Crippen LogP contribution in [0.2, 0.25) is 0 Å². The molecule has 0 spiro atoms. The van der Waals surface area contributed by atoms with E-state index >= 15 is 0 Å². The lowest BCUT2D eigenvalue weighted by atomic mass is 10.1. The van der Waals surface area contributed by atoms with E-state index in [-0.39, 0.29) is 11.9 Å². The molecule has 1 saturated carbocycles. The van der Waals surface area contributed by atoms with Gasteiger partial charge in [0.2, 0.25) is 5.91 Å². The third-order valence-corrected chi connectivity index (χ3v) is 2.95. The van der Waals surface area contributed by atoms with E-state index < -0.39 is 0 Å². The van der Waals surface area contributed by atoms with Crippen LogP contribution in [-0.2, 0) is 4.79 Å². The fourth-order valence-electron chi connectivity index (χ4n) is 1.66. The first kappa shape index (κ1) is 10.5. The Morgan fingerprint density at radius 3 is 2.46 bits per heavy atom. The van der Waals surface area contributed by atoms with Crippen molar-refractivity contribution in [3.8, 4) is 0 Å². The lowest BCUT2D eigenvalue weighted by Gasteiger charge is -2.30. The molecule has 0 aromatic carbocycles. The fourth-order valence-corrected chi connectivity index (χ4v) is 1.66. The van der Waals surface area contributed by atoms with Crippen molar-refractivity contribution in [2.75, 3.05) is 13.6 Å². The third kappa shape index (κ3) is 2.42. The van der Waals surface area contributed by atoms with Crippen LogP contribution in [0.15, 0.2) is 0 Å². The molecule has 4 nitrogen and oxygen atoms in total. The summed E-state index contributed by atoms with van der Waals surface area (Å²) in [6.07, 6.45) is 2.47. The number of nitrogens with zero attached hydrogens (tertiary/aromatic N) is 1. The van der Waals surface area contributed by atoms with E-state index in [1.165, 1.54) is 12.8 Å². The van der Waals surface area contributed by atoms with Crippen LogP contribution < -0.4 is 11.5 Å². The molecule has 13 heavy (non-hydrogen) atoms. The smallest absolute Gasteiger partial charge is 0.234 e. The molecule has 0 aliphatic heterocycles. The number of rotatable bonds is 5. The van der Waals surface area contributed by atoms with E-state index in [1.54, 1.807) is 0 Å². The lowest BCUT2D eigenvalue weighted by molar-refractivity contribution is -0.123. The molecule has 4 heteroatoms. The molecular weight excluding hydrogens is 166 g/mol. The molecule has 1 aliphatic carbocycles. The number of hydrogen-bond acceptors (Lipinski definition) is 3. The minimum atomic E-state index is -0.276. The molecule has 1 rings (SSSR count). The highest BCUT2D eigenvalue weighted by Gasteiger charge is 2.35. The Bertz CT molecular complexity index is 191. The molecule has 0 aromatic heterocycles. The zero-order valence-electron chi connectivity index (χ0n) is 8.36. The minimum absolute atomic E-state index is 0.214. The summed E-state index contributed by atoms with van der Waals surface area (Å²) in [5.41, 5.74) is 10.9. The highest BCUT2D eigenvalue weighted by Crippen LogP contribution is 2.34. The second-order valence-corrected chi connectivity index (χ2v) is 3.88. The van der Waals surface area contributed by atoms with Gasteiger partial charge in [-0.1, -0.05) is 0 Å². The van der Waals surface area contributed by atoms with Crippen LogP contribution in [0.3, 0.4) is 0 Å². The molecule has 0 aromatic rings. The molecule has 0 bridgehead atoms. The maximum absolute atomic E-state index is 10.9. The van der Waals surface area contributed by atoms with Gasteiger partial charge in [-0.25, -0.2) is 0 Å². The lowest BCUT2D eigenvalue weighted by Crippen LogP contribution is -2.49. The summed E-state index contributed by atoms with van der Waals surface area (Å²) < 4.78 is 0. The zero-order valence-corrected chi connectivity index (χ0v) is 8.36. The topological polar surface area (TPSA) is 72.4 Å². The van der Waals surface area contributed by atoms with Crippen molar-refractivity contribution in [1.29, 1.82) is 0 Å². The Kier molecular flexibility index (Phi) is 3.27. The molecule has 76 valence electrons. The van der Waals surface area contributed by atoms with Gasteiger partial charge in [-0.2, -0.15) is 0 Å². The number of hydrogen-bond donors (Lipinski definition) is 2. The van der Waals surface area contributed by atoms with Gasteiger partial charge in [-0.15, -0.1) is 0 Å². The summed E-state index contributed by atoms with van der Waals surface area (Å²) >= 11 is 0. The quantitative estimate of drug-likeness (QED) is 0.608. The number of primary amides is 1. The second kappa shape index (κ2) is 4.07. The van der Waals surface area contributed by atoms with Crippen LogP contribution in [0.4, 0.5) is 0 Å². The minimum Gasteiger partial charge on any atom is -0.368 e. The largest absolute Gasteiger partial charge is 0.368 e. The summed E-state index contributed by atoms with van der Waals surface area (Å²) in [5, 5.41) is 0.